The summed E-state index contributed by atoms with van der Waals surface area (Å²) >= 11 is 0. The van der Waals surface area contributed by atoms with E-state index in [2.05, 4.69) is 20.6 Å². The molecule has 0 unspecified atom stereocenters. The lowest BCUT2D eigenvalue weighted by atomic mass is 9.96. The molecule has 0 saturated carbocycles. The van der Waals surface area contributed by atoms with Crippen molar-refractivity contribution in [3.8, 4) is 11.4 Å². The van der Waals surface area contributed by atoms with Crippen molar-refractivity contribution in [2.45, 2.75) is 12.8 Å². The first kappa shape index (κ1) is 20.1. The van der Waals surface area contributed by atoms with E-state index in [1.54, 1.807) is 22.7 Å². The number of carbonyl (C=O) groups is 1. The van der Waals surface area contributed by atoms with E-state index in [0.29, 0.717) is 28.8 Å². The molecule has 4 aromatic rings. The highest BCUT2D eigenvalue weighted by Gasteiger charge is 2.23. The molecule has 0 radical (unpaired) electrons. The molecule has 0 bridgehead atoms. The topological polar surface area (TPSA) is 75.4 Å². The Hall–Kier alpha value is -3.81. The Morgan fingerprint density at radius 1 is 0.969 bits per heavy atom. The summed E-state index contributed by atoms with van der Waals surface area (Å²) < 4.78 is 15.8. The second-order valence-electron chi connectivity index (χ2n) is 7.97. The molecule has 0 aliphatic carbocycles. The summed E-state index contributed by atoms with van der Waals surface area (Å²) in [5, 5.41) is 16.2. The van der Waals surface area contributed by atoms with Crippen LogP contribution in [0.4, 0.5) is 10.2 Å². The molecule has 1 amide bonds. The van der Waals surface area contributed by atoms with E-state index < -0.39 is 0 Å². The molecule has 7 nitrogen and oxygen atoms in total. The van der Waals surface area contributed by atoms with Crippen LogP contribution >= 0.6 is 0 Å². The molecule has 1 aliphatic heterocycles. The molecule has 1 N–H and O–H groups in total. The van der Waals surface area contributed by atoms with Crippen molar-refractivity contribution < 1.29 is 9.18 Å². The molecule has 2 aromatic carbocycles. The van der Waals surface area contributed by atoms with Gasteiger partial charge in [-0.05, 0) is 55.2 Å². The van der Waals surface area contributed by atoms with Crippen LogP contribution in [0, 0.1) is 11.7 Å². The van der Waals surface area contributed by atoms with Crippen LogP contribution in [0.15, 0.2) is 66.7 Å². The summed E-state index contributed by atoms with van der Waals surface area (Å²) in [5.74, 6) is 1.22. The molecule has 0 spiro atoms. The van der Waals surface area contributed by atoms with Crippen molar-refractivity contribution in [2.24, 2.45) is 5.92 Å². The van der Waals surface area contributed by atoms with Gasteiger partial charge in [-0.3, -0.25) is 4.79 Å². The van der Waals surface area contributed by atoms with E-state index >= 15 is 0 Å². The number of anilines is 1. The molecule has 1 fully saturated rings. The lowest BCUT2D eigenvalue weighted by Crippen LogP contribution is -2.39. The number of rotatable bonds is 5. The molecule has 1 saturated heterocycles. The quantitative estimate of drug-likeness (QED) is 0.520. The molecular weight excluding hydrogens is 407 g/mol. The highest BCUT2D eigenvalue weighted by atomic mass is 19.1. The Bertz CT molecular complexity index is 1230. The first-order chi connectivity index (χ1) is 15.7. The third-order valence-corrected chi connectivity index (χ3v) is 5.87. The predicted octanol–water partition coefficient (Wildman–Crippen LogP) is 3.89. The van der Waals surface area contributed by atoms with Gasteiger partial charge in [0.2, 0.25) is 0 Å². The number of hydrogen-bond donors (Lipinski definition) is 1. The Morgan fingerprint density at radius 2 is 1.72 bits per heavy atom. The molecular formula is C24H23FN6O. The minimum absolute atomic E-state index is 0.0948. The van der Waals surface area contributed by atoms with E-state index in [1.165, 1.54) is 6.07 Å². The SMILES string of the molecule is O=C(c1ccccc1)N1CCC(CNc2ccc3nnc(-c4ccccc4F)n3n2)CC1. The van der Waals surface area contributed by atoms with Crippen molar-refractivity contribution in [3.63, 3.8) is 0 Å². The number of amides is 1. The molecule has 8 heteroatoms. The summed E-state index contributed by atoms with van der Waals surface area (Å²) in [7, 11) is 0. The fourth-order valence-electron chi connectivity index (χ4n) is 4.05. The third-order valence-electron chi connectivity index (χ3n) is 5.87. The Labute approximate surface area is 184 Å². The van der Waals surface area contributed by atoms with Crippen molar-refractivity contribution >= 4 is 17.4 Å². The van der Waals surface area contributed by atoms with Gasteiger partial charge in [0, 0.05) is 25.2 Å². The molecule has 0 atom stereocenters. The predicted molar refractivity (Wildman–Crippen MR) is 120 cm³/mol. The van der Waals surface area contributed by atoms with Crippen LogP contribution in [-0.4, -0.2) is 50.3 Å². The van der Waals surface area contributed by atoms with Crippen LogP contribution in [0.2, 0.25) is 0 Å². The molecule has 3 heterocycles. The van der Waals surface area contributed by atoms with Crippen molar-refractivity contribution in [2.75, 3.05) is 25.0 Å². The van der Waals surface area contributed by atoms with Gasteiger partial charge in [-0.15, -0.1) is 15.3 Å². The Kier molecular flexibility index (Phi) is 5.49. The summed E-state index contributed by atoms with van der Waals surface area (Å²) in [6.45, 7) is 2.24. The fourth-order valence-corrected chi connectivity index (χ4v) is 4.05. The maximum Gasteiger partial charge on any atom is 0.253 e. The highest BCUT2D eigenvalue weighted by molar-refractivity contribution is 5.94. The molecule has 162 valence electrons. The van der Waals surface area contributed by atoms with Crippen molar-refractivity contribution in [3.05, 3.63) is 78.1 Å². The summed E-state index contributed by atoms with van der Waals surface area (Å²) in [4.78, 5) is 14.5. The van der Waals surface area contributed by atoms with Crippen LogP contribution in [-0.2, 0) is 0 Å². The van der Waals surface area contributed by atoms with Crippen LogP contribution < -0.4 is 5.32 Å². The van der Waals surface area contributed by atoms with E-state index in [-0.39, 0.29) is 11.7 Å². The van der Waals surface area contributed by atoms with Crippen LogP contribution in [0.5, 0.6) is 0 Å². The van der Waals surface area contributed by atoms with Crippen molar-refractivity contribution in [1.82, 2.24) is 24.7 Å². The number of halogens is 1. The number of carbonyl (C=O) groups excluding carboxylic acids is 1. The highest BCUT2D eigenvalue weighted by Crippen LogP contribution is 2.22. The number of fused-ring (bicyclic) bond motifs is 1. The number of nitrogens with one attached hydrogen (secondary N) is 1. The van der Waals surface area contributed by atoms with Crippen LogP contribution in [0.3, 0.4) is 0 Å². The van der Waals surface area contributed by atoms with E-state index in [9.17, 15) is 9.18 Å². The second-order valence-corrected chi connectivity index (χ2v) is 7.97. The van der Waals surface area contributed by atoms with Gasteiger partial charge in [-0.25, -0.2) is 4.39 Å². The fraction of sp³-hybridized carbons (Fsp3) is 0.250. The largest absolute Gasteiger partial charge is 0.368 e. The van der Waals surface area contributed by atoms with E-state index in [4.69, 9.17) is 0 Å². The third kappa shape index (κ3) is 4.03. The Balaban J connectivity index is 1.22. The molecule has 5 rings (SSSR count). The van der Waals surface area contributed by atoms with Crippen LogP contribution in [0.1, 0.15) is 23.2 Å². The number of benzene rings is 2. The van der Waals surface area contributed by atoms with Gasteiger partial charge >= 0.3 is 0 Å². The van der Waals surface area contributed by atoms with Gasteiger partial charge in [0.15, 0.2) is 11.5 Å². The zero-order chi connectivity index (χ0) is 21.9. The minimum Gasteiger partial charge on any atom is -0.368 e. The Morgan fingerprint density at radius 3 is 2.50 bits per heavy atom. The number of piperidine rings is 1. The molecule has 2 aromatic heterocycles. The maximum absolute atomic E-state index is 14.2. The number of likely N-dealkylation sites (tertiary alicyclic amines) is 1. The van der Waals surface area contributed by atoms with Crippen LogP contribution in [0.25, 0.3) is 17.0 Å². The lowest BCUT2D eigenvalue weighted by molar-refractivity contribution is 0.0695. The summed E-state index contributed by atoms with van der Waals surface area (Å²) in [6.07, 6.45) is 1.86. The van der Waals surface area contributed by atoms with Gasteiger partial charge in [0.1, 0.15) is 11.6 Å². The average molecular weight is 430 g/mol. The van der Waals surface area contributed by atoms with Gasteiger partial charge in [0.25, 0.3) is 5.91 Å². The van der Waals surface area contributed by atoms with E-state index in [0.717, 1.165) is 38.0 Å². The molecule has 1 aliphatic rings. The first-order valence-electron chi connectivity index (χ1n) is 10.7. The first-order valence-corrected chi connectivity index (χ1v) is 10.7. The standard InChI is InChI=1S/C24H23FN6O/c25-20-9-5-4-8-19(20)23-28-27-22-11-10-21(29-31(22)23)26-16-17-12-14-30(15-13-17)24(32)18-6-2-1-3-7-18/h1-11,17H,12-16H2,(H,26,29). The van der Waals surface area contributed by atoms with Crippen molar-refractivity contribution in [1.29, 1.82) is 0 Å². The minimum atomic E-state index is -0.362. The smallest absolute Gasteiger partial charge is 0.253 e. The second kappa shape index (κ2) is 8.74. The zero-order valence-corrected chi connectivity index (χ0v) is 17.5. The van der Waals surface area contributed by atoms with Gasteiger partial charge < -0.3 is 10.2 Å². The van der Waals surface area contributed by atoms with Gasteiger partial charge in [0.05, 0.1) is 5.56 Å². The summed E-state index contributed by atoms with van der Waals surface area (Å²) in [5.41, 5.74) is 1.66. The zero-order valence-electron chi connectivity index (χ0n) is 17.5. The average Bonchev–Trinajstić information content (AvgIpc) is 3.26. The maximum atomic E-state index is 14.2. The lowest BCUT2D eigenvalue weighted by Gasteiger charge is -2.32. The van der Waals surface area contributed by atoms with E-state index in [1.807, 2.05) is 47.4 Å². The summed E-state index contributed by atoms with van der Waals surface area (Å²) in [6, 6.07) is 19.5. The number of aromatic nitrogens is 4. The molecule has 32 heavy (non-hydrogen) atoms. The number of nitrogens with zero attached hydrogens (tertiary/aromatic N) is 5. The monoisotopic (exact) mass is 430 g/mol. The van der Waals surface area contributed by atoms with Gasteiger partial charge in [-0.2, -0.15) is 4.52 Å². The van der Waals surface area contributed by atoms with Gasteiger partial charge in [-0.1, -0.05) is 30.3 Å². The number of hydrogen-bond acceptors (Lipinski definition) is 5. The normalized spacial score (nSPS) is 14.6.